The van der Waals surface area contributed by atoms with Crippen LogP contribution in [-0.4, -0.2) is 19.6 Å². The molecular formula is C44H54N2. The van der Waals surface area contributed by atoms with Gasteiger partial charge in [-0.25, -0.2) is 0 Å². The minimum atomic E-state index is 0.521. The van der Waals surface area contributed by atoms with Gasteiger partial charge in [-0.1, -0.05) is 114 Å². The van der Waals surface area contributed by atoms with Gasteiger partial charge >= 0.3 is 0 Å². The molecule has 4 aliphatic rings. The highest BCUT2D eigenvalue weighted by Gasteiger charge is 2.37. The predicted octanol–water partition coefficient (Wildman–Crippen LogP) is 10.8. The van der Waals surface area contributed by atoms with Crippen molar-refractivity contribution >= 4 is 11.3 Å². The normalized spacial score (nSPS) is 27.5. The number of hydrogen-bond acceptors (Lipinski definition) is 2. The maximum Gasteiger partial charge on any atom is 0.0340 e. The second kappa shape index (κ2) is 15.0. The molecule has 6 unspecified atom stereocenters. The molecular weight excluding hydrogens is 556 g/mol. The van der Waals surface area contributed by atoms with E-state index in [1.807, 2.05) is 11.1 Å². The van der Waals surface area contributed by atoms with E-state index in [9.17, 15) is 0 Å². The molecule has 2 fully saturated rings. The Morgan fingerprint density at radius 1 is 0.826 bits per heavy atom. The summed E-state index contributed by atoms with van der Waals surface area (Å²) in [6.07, 6.45) is 18.4. The number of benzene rings is 3. The Hall–Kier alpha value is -3.36. The first-order valence-electron chi connectivity index (χ1n) is 18.4. The zero-order valence-corrected chi connectivity index (χ0v) is 28.0. The molecule has 3 aromatic rings. The van der Waals surface area contributed by atoms with Crippen molar-refractivity contribution in [2.75, 3.05) is 25.0 Å². The Labute approximate surface area is 278 Å². The molecule has 7 rings (SSSR count). The summed E-state index contributed by atoms with van der Waals surface area (Å²) in [5, 5.41) is 7.52. The molecule has 1 aliphatic heterocycles. The van der Waals surface area contributed by atoms with E-state index in [2.05, 4.69) is 121 Å². The molecule has 2 N–H and O–H groups in total. The number of hydrogen-bond donors (Lipinski definition) is 2. The van der Waals surface area contributed by atoms with Crippen molar-refractivity contribution in [3.8, 4) is 0 Å². The summed E-state index contributed by atoms with van der Waals surface area (Å²) < 4.78 is 0. The highest BCUT2D eigenvalue weighted by atomic mass is 14.9. The monoisotopic (exact) mass is 610 g/mol. The summed E-state index contributed by atoms with van der Waals surface area (Å²) in [7, 11) is 0. The molecule has 1 saturated heterocycles. The molecule has 0 bridgehead atoms. The van der Waals surface area contributed by atoms with E-state index in [0.717, 1.165) is 37.1 Å². The van der Waals surface area contributed by atoms with Crippen LogP contribution in [0.2, 0.25) is 0 Å². The van der Waals surface area contributed by atoms with Crippen molar-refractivity contribution in [2.45, 2.75) is 77.0 Å². The van der Waals surface area contributed by atoms with Crippen LogP contribution in [0.3, 0.4) is 0 Å². The molecule has 6 atom stereocenters. The third-order valence-corrected chi connectivity index (χ3v) is 12.0. The third-order valence-electron chi connectivity index (χ3n) is 12.0. The Bertz CT molecular complexity index is 1500. The SMILES string of the molecule is C/C(=C\CC(CNc1ccccc1)C1C=C(c2ccccc2)CC(c2ccccc2)C1)C1CCC(C2CCNC2)=C2CCCCC21. The maximum atomic E-state index is 3.86. The number of para-hydroxylation sites is 1. The van der Waals surface area contributed by atoms with Crippen LogP contribution in [0.5, 0.6) is 0 Å². The molecule has 0 amide bonds. The van der Waals surface area contributed by atoms with E-state index < -0.39 is 0 Å². The van der Waals surface area contributed by atoms with E-state index in [1.54, 1.807) is 5.57 Å². The lowest BCUT2D eigenvalue weighted by Gasteiger charge is -2.41. The van der Waals surface area contributed by atoms with Crippen molar-refractivity contribution in [1.29, 1.82) is 0 Å². The van der Waals surface area contributed by atoms with Gasteiger partial charge in [-0.15, -0.1) is 0 Å². The Balaban J connectivity index is 1.16. The second-order valence-electron chi connectivity index (χ2n) is 14.7. The predicted molar refractivity (Wildman–Crippen MR) is 196 cm³/mol. The molecule has 1 saturated carbocycles. The Morgan fingerprint density at radius 3 is 2.35 bits per heavy atom. The average Bonchev–Trinajstić information content (AvgIpc) is 3.67. The fourth-order valence-electron chi connectivity index (χ4n) is 9.47. The molecule has 1 heterocycles. The molecule has 3 aromatic carbocycles. The summed E-state index contributed by atoms with van der Waals surface area (Å²) in [6.45, 7) is 5.90. The van der Waals surface area contributed by atoms with Crippen LogP contribution in [0.15, 0.2) is 120 Å². The van der Waals surface area contributed by atoms with E-state index in [0.29, 0.717) is 17.8 Å². The topological polar surface area (TPSA) is 24.1 Å². The van der Waals surface area contributed by atoms with Gasteiger partial charge in [0.15, 0.2) is 0 Å². The van der Waals surface area contributed by atoms with Crippen LogP contribution < -0.4 is 10.6 Å². The smallest absolute Gasteiger partial charge is 0.0340 e. The van der Waals surface area contributed by atoms with E-state index in [4.69, 9.17) is 0 Å². The molecule has 2 heteroatoms. The van der Waals surface area contributed by atoms with E-state index in [-0.39, 0.29) is 0 Å². The zero-order valence-electron chi connectivity index (χ0n) is 28.0. The summed E-state index contributed by atoms with van der Waals surface area (Å²) in [5.74, 6) is 3.93. The van der Waals surface area contributed by atoms with Gasteiger partial charge in [-0.05, 0) is 136 Å². The Morgan fingerprint density at radius 2 is 1.59 bits per heavy atom. The van der Waals surface area contributed by atoms with Gasteiger partial charge in [-0.2, -0.15) is 0 Å². The highest BCUT2D eigenvalue weighted by Crippen LogP contribution is 2.49. The molecule has 2 nitrogen and oxygen atoms in total. The van der Waals surface area contributed by atoms with Crippen LogP contribution in [0.4, 0.5) is 5.69 Å². The molecule has 0 spiro atoms. The van der Waals surface area contributed by atoms with Gasteiger partial charge in [0.1, 0.15) is 0 Å². The lowest BCUT2D eigenvalue weighted by atomic mass is 9.64. The number of fused-ring (bicyclic) bond motifs is 1. The largest absolute Gasteiger partial charge is 0.385 e. The van der Waals surface area contributed by atoms with Crippen molar-refractivity contribution < 1.29 is 0 Å². The third kappa shape index (κ3) is 7.28. The highest BCUT2D eigenvalue weighted by molar-refractivity contribution is 5.67. The molecule has 240 valence electrons. The molecule has 0 aromatic heterocycles. The minimum absolute atomic E-state index is 0.521. The molecule has 0 radical (unpaired) electrons. The second-order valence-corrected chi connectivity index (χ2v) is 14.7. The molecule has 46 heavy (non-hydrogen) atoms. The van der Waals surface area contributed by atoms with Gasteiger partial charge in [-0.3, -0.25) is 0 Å². The standard InChI is InChI=1S/C44H54N2/c1-32(41-23-24-42(36-25-26-45-30-36)44-20-12-11-19-43(41)44)21-22-35(31-46-40-17-9-4-10-18-40)39-28-37(33-13-5-2-6-14-33)27-38(29-39)34-15-7-3-8-16-34/h2-10,13-18,21,28,35-36,38-39,41,43,45-46H,11-12,19-20,22-27,29-31H2,1H3/b32-21+. The number of anilines is 1. The van der Waals surface area contributed by atoms with Crippen LogP contribution in [0.1, 0.15) is 88.2 Å². The van der Waals surface area contributed by atoms with E-state index >= 15 is 0 Å². The molecule has 3 aliphatic carbocycles. The van der Waals surface area contributed by atoms with Crippen LogP contribution >= 0.6 is 0 Å². The number of rotatable bonds is 10. The summed E-state index contributed by atoms with van der Waals surface area (Å²) >= 11 is 0. The minimum Gasteiger partial charge on any atom is -0.385 e. The number of nitrogens with one attached hydrogen (secondary N) is 2. The van der Waals surface area contributed by atoms with Crippen LogP contribution in [0.25, 0.3) is 5.57 Å². The van der Waals surface area contributed by atoms with Gasteiger partial charge < -0.3 is 10.6 Å². The lowest BCUT2D eigenvalue weighted by Crippen LogP contribution is -2.29. The van der Waals surface area contributed by atoms with Crippen molar-refractivity contribution in [1.82, 2.24) is 5.32 Å². The maximum absolute atomic E-state index is 3.86. The zero-order chi connectivity index (χ0) is 31.1. The van der Waals surface area contributed by atoms with Crippen molar-refractivity contribution in [3.63, 3.8) is 0 Å². The van der Waals surface area contributed by atoms with Crippen molar-refractivity contribution in [2.24, 2.45) is 29.6 Å². The van der Waals surface area contributed by atoms with E-state index in [1.165, 1.54) is 86.8 Å². The van der Waals surface area contributed by atoms with Crippen molar-refractivity contribution in [3.05, 3.63) is 131 Å². The quantitative estimate of drug-likeness (QED) is 0.223. The average molecular weight is 611 g/mol. The Kier molecular flexibility index (Phi) is 10.2. The van der Waals surface area contributed by atoms with Gasteiger partial charge in [0, 0.05) is 18.8 Å². The fourth-order valence-corrected chi connectivity index (χ4v) is 9.47. The summed E-state index contributed by atoms with van der Waals surface area (Å²) in [6, 6.07) is 33.3. The first-order chi connectivity index (χ1) is 22.7. The van der Waals surface area contributed by atoms with Crippen LogP contribution in [-0.2, 0) is 0 Å². The first-order valence-corrected chi connectivity index (χ1v) is 18.4. The van der Waals surface area contributed by atoms with Gasteiger partial charge in [0.25, 0.3) is 0 Å². The van der Waals surface area contributed by atoms with Gasteiger partial charge in [0.2, 0.25) is 0 Å². The fraction of sp³-hybridized carbons (Fsp3) is 0.455. The number of allylic oxidation sites excluding steroid dienone is 5. The summed E-state index contributed by atoms with van der Waals surface area (Å²) in [4.78, 5) is 0. The summed E-state index contributed by atoms with van der Waals surface area (Å²) in [5.41, 5.74) is 11.1. The van der Waals surface area contributed by atoms with Crippen LogP contribution in [0, 0.1) is 29.6 Å². The van der Waals surface area contributed by atoms with Gasteiger partial charge in [0.05, 0.1) is 0 Å². The lowest BCUT2D eigenvalue weighted by molar-refractivity contribution is 0.300. The first kappa shape index (κ1) is 31.3.